The van der Waals surface area contributed by atoms with E-state index in [9.17, 15) is 14.9 Å². The molecular formula is C22H30N4O3. The minimum atomic E-state index is -0.430. The van der Waals surface area contributed by atoms with Gasteiger partial charge in [0.25, 0.3) is 5.91 Å². The molecule has 1 aliphatic rings. The van der Waals surface area contributed by atoms with E-state index in [1.165, 1.54) is 6.20 Å². The Morgan fingerprint density at radius 2 is 2.03 bits per heavy atom. The fourth-order valence-corrected chi connectivity index (χ4v) is 3.32. The minimum absolute atomic E-state index is 0.0239. The normalized spacial score (nSPS) is 15.0. The Balaban J connectivity index is 1.98. The van der Waals surface area contributed by atoms with Crippen molar-refractivity contribution in [3.63, 3.8) is 0 Å². The highest BCUT2D eigenvalue weighted by atomic mass is 16.6. The number of carbonyl (C=O) groups excluding carboxylic acids is 2. The van der Waals surface area contributed by atoms with Crippen LogP contribution in [0.5, 0.6) is 0 Å². The summed E-state index contributed by atoms with van der Waals surface area (Å²) in [5, 5.41) is 15.5. The molecule has 2 N–H and O–H groups in total. The molecule has 1 heterocycles. The monoisotopic (exact) mass is 398 g/mol. The molecule has 2 rings (SSSR count). The van der Waals surface area contributed by atoms with Crippen molar-refractivity contribution in [3.05, 3.63) is 41.1 Å². The highest BCUT2D eigenvalue weighted by Crippen LogP contribution is 2.27. The number of carbonyl (C=O) groups is 2. The van der Waals surface area contributed by atoms with Gasteiger partial charge in [-0.1, -0.05) is 32.0 Å². The van der Waals surface area contributed by atoms with Crippen molar-refractivity contribution in [3.8, 4) is 6.07 Å². The number of hydrogen-bond donors (Lipinski definition) is 2. The summed E-state index contributed by atoms with van der Waals surface area (Å²) in [4.78, 5) is 26.1. The van der Waals surface area contributed by atoms with E-state index in [-0.39, 0.29) is 23.6 Å². The first-order valence-electron chi connectivity index (χ1n) is 10.1. The van der Waals surface area contributed by atoms with Gasteiger partial charge in [-0.15, -0.1) is 0 Å². The highest BCUT2D eigenvalue weighted by Gasteiger charge is 2.23. The largest absolute Gasteiger partial charge is 0.450 e. The maximum Gasteiger partial charge on any atom is 0.409 e. The van der Waals surface area contributed by atoms with Crippen molar-refractivity contribution >= 4 is 17.7 Å². The van der Waals surface area contributed by atoms with Gasteiger partial charge in [-0.2, -0.15) is 5.26 Å². The first kappa shape index (κ1) is 22.3. The van der Waals surface area contributed by atoms with E-state index >= 15 is 0 Å². The van der Waals surface area contributed by atoms with Gasteiger partial charge in [0, 0.05) is 31.0 Å². The van der Waals surface area contributed by atoms with Crippen LogP contribution in [0.1, 0.15) is 50.7 Å². The number of amides is 2. The first-order chi connectivity index (χ1) is 13.9. The predicted octanol–water partition coefficient (Wildman–Crippen LogP) is 3.67. The van der Waals surface area contributed by atoms with Crippen LogP contribution >= 0.6 is 0 Å². The van der Waals surface area contributed by atoms with Gasteiger partial charge < -0.3 is 20.3 Å². The number of nitrogens with zero attached hydrogens (tertiary/aromatic N) is 2. The molecule has 156 valence electrons. The number of nitriles is 1. The summed E-state index contributed by atoms with van der Waals surface area (Å²) in [6.45, 7) is 9.38. The maximum atomic E-state index is 12.6. The van der Waals surface area contributed by atoms with Crippen LogP contribution in [0.15, 0.2) is 30.0 Å². The average molecular weight is 399 g/mol. The molecule has 1 aromatic rings. The van der Waals surface area contributed by atoms with E-state index in [2.05, 4.69) is 24.5 Å². The Hall–Kier alpha value is -3.01. The Morgan fingerprint density at radius 3 is 2.62 bits per heavy atom. The number of hydrogen-bond acceptors (Lipinski definition) is 5. The second kappa shape index (κ2) is 10.5. The van der Waals surface area contributed by atoms with Crippen molar-refractivity contribution in [2.24, 2.45) is 0 Å². The van der Waals surface area contributed by atoms with E-state index in [0.717, 1.165) is 29.7 Å². The lowest BCUT2D eigenvalue weighted by molar-refractivity contribution is -0.112. The van der Waals surface area contributed by atoms with Crippen molar-refractivity contribution < 1.29 is 14.3 Å². The molecule has 0 aliphatic carbocycles. The molecule has 7 heteroatoms. The van der Waals surface area contributed by atoms with Crippen LogP contribution in [0, 0.1) is 18.3 Å². The summed E-state index contributed by atoms with van der Waals surface area (Å²) in [7, 11) is 0. The Labute approximate surface area is 172 Å². The van der Waals surface area contributed by atoms with Gasteiger partial charge in [-0.25, -0.2) is 4.79 Å². The van der Waals surface area contributed by atoms with Gasteiger partial charge >= 0.3 is 6.09 Å². The molecule has 0 aromatic heterocycles. The van der Waals surface area contributed by atoms with E-state index in [1.807, 2.05) is 31.2 Å². The van der Waals surface area contributed by atoms with E-state index in [0.29, 0.717) is 19.7 Å². The lowest BCUT2D eigenvalue weighted by atomic mass is 9.98. The fraction of sp³-hybridized carbons (Fsp3) is 0.500. The van der Waals surface area contributed by atoms with E-state index < -0.39 is 5.91 Å². The highest BCUT2D eigenvalue weighted by molar-refractivity contribution is 6.07. The van der Waals surface area contributed by atoms with Crippen LogP contribution < -0.4 is 10.6 Å². The van der Waals surface area contributed by atoms with Gasteiger partial charge in [-0.3, -0.25) is 4.79 Å². The van der Waals surface area contributed by atoms with Crippen molar-refractivity contribution in [2.75, 3.05) is 25.0 Å². The zero-order valence-corrected chi connectivity index (χ0v) is 17.6. The van der Waals surface area contributed by atoms with E-state index in [1.54, 1.807) is 11.8 Å². The van der Waals surface area contributed by atoms with Crippen molar-refractivity contribution in [1.29, 1.82) is 5.26 Å². The molecule has 0 spiro atoms. The van der Waals surface area contributed by atoms with E-state index in [4.69, 9.17) is 4.74 Å². The molecule has 0 bridgehead atoms. The first-order valence-corrected chi connectivity index (χ1v) is 10.1. The van der Waals surface area contributed by atoms with Crippen molar-refractivity contribution in [2.45, 2.75) is 52.5 Å². The van der Waals surface area contributed by atoms with Gasteiger partial charge in [0.2, 0.25) is 0 Å². The number of aryl methyl sites for hydroxylation is 1. The smallest absolute Gasteiger partial charge is 0.409 e. The maximum absolute atomic E-state index is 12.6. The summed E-state index contributed by atoms with van der Waals surface area (Å²) in [6.07, 6.45) is 2.64. The molecule has 1 fully saturated rings. The number of benzene rings is 1. The number of nitrogens with one attached hydrogen (secondary N) is 2. The molecular weight excluding hydrogens is 368 g/mol. The van der Waals surface area contributed by atoms with Gasteiger partial charge in [0.05, 0.1) is 6.61 Å². The SMILES string of the molecule is CCOC(=O)N1CCC(N/C=C(/C#N)C(=O)Nc2c(C)cccc2C(C)C)CC1. The van der Waals surface area contributed by atoms with Crippen LogP contribution in [0.25, 0.3) is 0 Å². The Morgan fingerprint density at radius 1 is 1.34 bits per heavy atom. The van der Waals surface area contributed by atoms with Gasteiger partial charge in [0.1, 0.15) is 11.6 Å². The molecule has 0 radical (unpaired) electrons. The summed E-state index contributed by atoms with van der Waals surface area (Å²) < 4.78 is 5.01. The molecule has 0 unspecified atom stereocenters. The topological polar surface area (TPSA) is 94.5 Å². The number of anilines is 1. The minimum Gasteiger partial charge on any atom is -0.450 e. The van der Waals surface area contributed by atoms with Crippen LogP contribution in [-0.4, -0.2) is 42.6 Å². The molecule has 1 aliphatic heterocycles. The van der Waals surface area contributed by atoms with Gasteiger partial charge in [0.15, 0.2) is 0 Å². The van der Waals surface area contributed by atoms with Crippen LogP contribution in [0.4, 0.5) is 10.5 Å². The predicted molar refractivity (Wildman–Crippen MR) is 112 cm³/mol. The van der Waals surface area contributed by atoms with Gasteiger partial charge in [-0.05, 0) is 43.7 Å². The molecule has 29 heavy (non-hydrogen) atoms. The van der Waals surface area contributed by atoms with Crippen LogP contribution in [0.2, 0.25) is 0 Å². The fourth-order valence-electron chi connectivity index (χ4n) is 3.32. The third-order valence-electron chi connectivity index (χ3n) is 5.01. The number of likely N-dealkylation sites (tertiary alicyclic amines) is 1. The summed E-state index contributed by atoms with van der Waals surface area (Å²) in [5.74, 6) is -0.178. The zero-order chi connectivity index (χ0) is 21.4. The summed E-state index contributed by atoms with van der Waals surface area (Å²) in [5.41, 5.74) is 2.78. The standard InChI is InChI=1S/C22H30N4O3/c1-5-29-22(28)26-11-9-18(10-12-26)24-14-17(13-23)21(27)25-20-16(4)7-6-8-19(20)15(2)3/h6-8,14-15,18,24H,5,9-12H2,1-4H3,(H,25,27)/b17-14-. The second-order valence-electron chi connectivity index (χ2n) is 7.44. The van der Waals surface area contributed by atoms with Crippen LogP contribution in [0.3, 0.4) is 0 Å². The number of rotatable bonds is 6. The Bertz CT molecular complexity index is 803. The number of para-hydroxylation sites is 1. The lowest BCUT2D eigenvalue weighted by Crippen LogP contribution is -2.44. The third kappa shape index (κ3) is 5.98. The average Bonchev–Trinajstić information content (AvgIpc) is 2.70. The quantitative estimate of drug-likeness (QED) is 0.563. The molecule has 1 aromatic carbocycles. The number of piperidine rings is 1. The second-order valence-corrected chi connectivity index (χ2v) is 7.44. The molecule has 2 amide bonds. The lowest BCUT2D eigenvalue weighted by Gasteiger charge is -2.31. The summed E-state index contributed by atoms with van der Waals surface area (Å²) >= 11 is 0. The molecule has 7 nitrogen and oxygen atoms in total. The third-order valence-corrected chi connectivity index (χ3v) is 5.01. The zero-order valence-electron chi connectivity index (χ0n) is 17.6. The molecule has 0 atom stereocenters. The molecule has 0 saturated carbocycles. The number of ether oxygens (including phenoxy) is 1. The Kier molecular flexibility index (Phi) is 8.08. The summed E-state index contributed by atoms with van der Waals surface area (Å²) in [6, 6.07) is 7.96. The molecule has 1 saturated heterocycles. The van der Waals surface area contributed by atoms with Crippen LogP contribution in [-0.2, 0) is 9.53 Å². The van der Waals surface area contributed by atoms with Crippen molar-refractivity contribution in [1.82, 2.24) is 10.2 Å².